The van der Waals surface area contributed by atoms with Gasteiger partial charge in [0.15, 0.2) is 0 Å². The van der Waals surface area contributed by atoms with E-state index >= 15 is 0 Å². The highest BCUT2D eigenvalue weighted by Crippen LogP contribution is 2.16. The van der Waals surface area contributed by atoms with Gasteiger partial charge >= 0.3 is 6.18 Å². The molecule has 0 rings (SSSR count). The average Bonchev–Trinajstić information content (AvgIpc) is 1.85. The van der Waals surface area contributed by atoms with Gasteiger partial charge in [0.2, 0.25) is 0 Å². The zero-order valence-corrected chi connectivity index (χ0v) is 6.08. The van der Waals surface area contributed by atoms with Gasteiger partial charge in [0.1, 0.15) is 0 Å². The van der Waals surface area contributed by atoms with Crippen LogP contribution in [0.15, 0.2) is 23.3 Å². The van der Waals surface area contributed by atoms with E-state index in [1.807, 2.05) is 0 Å². The lowest BCUT2D eigenvalue weighted by Gasteiger charge is -1.94. The molecule has 5 heteroatoms. The van der Waals surface area contributed by atoms with Crippen LogP contribution in [0.3, 0.4) is 0 Å². The Morgan fingerprint density at radius 2 is 1.91 bits per heavy atom. The highest BCUT2D eigenvalue weighted by Gasteiger charge is 2.21. The number of hydrogen-bond donors (Lipinski definition) is 1. The van der Waals surface area contributed by atoms with E-state index in [0.717, 1.165) is 18.4 Å². The fourth-order valence-corrected chi connectivity index (χ4v) is 0.370. The number of hydrogen-bond acceptors (Lipinski definition) is 1. The maximum absolute atomic E-state index is 11.4. The van der Waals surface area contributed by atoms with Gasteiger partial charge in [0.05, 0.1) is 5.03 Å². The lowest BCUT2D eigenvalue weighted by Crippen LogP contribution is -1.99. The third-order valence-electron chi connectivity index (χ3n) is 0.679. The fraction of sp³-hybridized carbons (Fsp3) is 0.167. The van der Waals surface area contributed by atoms with Crippen molar-refractivity contribution in [2.24, 2.45) is 0 Å². The maximum Gasteiger partial charge on any atom is 0.409 e. The van der Waals surface area contributed by atoms with E-state index in [2.05, 4.69) is 0 Å². The molecule has 0 saturated carbocycles. The summed E-state index contributed by atoms with van der Waals surface area (Å²) >= 11 is 5.19. The SMILES string of the molecule is N=C/C(Cl)=C\C=C\C(F)(F)F. The predicted molar refractivity (Wildman–Crippen MR) is 37.9 cm³/mol. The van der Waals surface area contributed by atoms with Crippen molar-refractivity contribution in [1.29, 1.82) is 5.41 Å². The van der Waals surface area contributed by atoms with Crippen LogP contribution in [0.5, 0.6) is 0 Å². The first-order valence-electron chi connectivity index (χ1n) is 2.58. The molecule has 0 unspecified atom stereocenters. The van der Waals surface area contributed by atoms with E-state index in [4.69, 9.17) is 17.0 Å². The van der Waals surface area contributed by atoms with Gasteiger partial charge in [-0.25, -0.2) is 0 Å². The molecule has 0 aliphatic rings. The van der Waals surface area contributed by atoms with Crippen molar-refractivity contribution >= 4 is 17.8 Å². The molecule has 0 radical (unpaired) electrons. The van der Waals surface area contributed by atoms with Gasteiger partial charge in [-0.1, -0.05) is 17.7 Å². The van der Waals surface area contributed by atoms with E-state index in [-0.39, 0.29) is 11.1 Å². The number of halogens is 4. The Balaban J connectivity index is 4.06. The number of nitrogens with one attached hydrogen (secondary N) is 1. The van der Waals surface area contributed by atoms with E-state index in [9.17, 15) is 13.2 Å². The predicted octanol–water partition coefficient (Wildman–Crippen LogP) is 2.88. The van der Waals surface area contributed by atoms with Crippen LogP contribution in [0.25, 0.3) is 0 Å². The van der Waals surface area contributed by atoms with Crippen molar-refractivity contribution in [3.05, 3.63) is 23.3 Å². The Kier molecular flexibility index (Phi) is 3.89. The standard InChI is InChI=1S/C6H5ClF3N/c7-5(4-11)2-1-3-6(8,9)10/h1-4,11H/b3-1+,5-2+,11-4?. The Hall–Kier alpha value is -0.770. The highest BCUT2D eigenvalue weighted by molar-refractivity contribution is 6.39. The average molecular weight is 184 g/mol. The van der Waals surface area contributed by atoms with Gasteiger partial charge in [0.25, 0.3) is 0 Å². The van der Waals surface area contributed by atoms with Crippen LogP contribution in [0, 0.1) is 5.41 Å². The van der Waals surface area contributed by atoms with Gasteiger partial charge in [-0.2, -0.15) is 13.2 Å². The monoisotopic (exact) mass is 183 g/mol. The van der Waals surface area contributed by atoms with Crippen LogP contribution in [0.1, 0.15) is 0 Å². The maximum atomic E-state index is 11.4. The van der Waals surface area contributed by atoms with Gasteiger partial charge in [-0.15, -0.1) is 0 Å². The molecular formula is C6H5ClF3N. The van der Waals surface area contributed by atoms with Crippen molar-refractivity contribution in [2.45, 2.75) is 6.18 Å². The van der Waals surface area contributed by atoms with E-state index < -0.39 is 6.18 Å². The van der Waals surface area contributed by atoms with Crippen molar-refractivity contribution in [3.63, 3.8) is 0 Å². The summed E-state index contributed by atoms with van der Waals surface area (Å²) in [6.07, 6.45) is -1.80. The Morgan fingerprint density at radius 1 is 1.36 bits per heavy atom. The Bertz CT molecular complexity index is 192. The minimum atomic E-state index is -4.32. The lowest BCUT2D eigenvalue weighted by molar-refractivity contribution is -0.0798. The molecule has 0 aliphatic heterocycles. The normalized spacial score (nSPS) is 14.0. The molecule has 0 heterocycles. The summed E-state index contributed by atoms with van der Waals surface area (Å²) < 4.78 is 34.2. The molecule has 0 spiro atoms. The highest BCUT2D eigenvalue weighted by atomic mass is 35.5. The molecular weight excluding hydrogens is 179 g/mol. The third-order valence-corrected chi connectivity index (χ3v) is 0.914. The first-order chi connectivity index (χ1) is 4.95. The second-order valence-corrected chi connectivity index (χ2v) is 2.03. The molecule has 1 N–H and O–H groups in total. The van der Waals surface area contributed by atoms with Crippen LogP contribution in [0.4, 0.5) is 13.2 Å². The van der Waals surface area contributed by atoms with E-state index in [1.165, 1.54) is 0 Å². The molecule has 0 bridgehead atoms. The van der Waals surface area contributed by atoms with Crippen LogP contribution >= 0.6 is 11.6 Å². The molecule has 62 valence electrons. The molecule has 0 aliphatic carbocycles. The molecule has 1 nitrogen and oxygen atoms in total. The number of allylic oxidation sites excluding steroid dienone is 4. The zero-order chi connectivity index (χ0) is 8.91. The minimum Gasteiger partial charge on any atom is -0.307 e. The lowest BCUT2D eigenvalue weighted by atomic mass is 10.4. The topological polar surface area (TPSA) is 23.9 Å². The molecule has 0 atom stereocenters. The summed E-state index contributed by atoms with van der Waals surface area (Å²) in [4.78, 5) is 0. The summed E-state index contributed by atoms with van der Waals surface area (Å²) in [5.41, 5.74) is 0. The summed E-state index contributed by atoms with van der Waals surface area (Å²) in [6, 6.07) is 0. The summed E-state index contributed by atoms with van der Waals surface area (Å²) in [5, 5.41) is 6.45. The molecule has 0 aromatic carbocycles. The van der Waals surface area contributed by atoms with Crippen LogP contribution in [-0.4, -0.2) is 12.4 Å². The second-order valence-electron chi connectivity index (χ2n) is 1.60. The van der Waals surface area contributed by atoms with Gasteiger partial charge < -0.3 is 5.41 Å². The minimum absolute atomic E-state index is 0.0406. The number of alkyl halides is 3. The summed E-state index contributed by atoms with van der Waals surface area (Å²) in [7, 11) is 0. The van der Waals surface area contributed by atoms with Gasteiger partial charge in [-0.3, -0.25) is 0 Å². The van der Waals surface area contributed by atoms with Gasteiger partial charge in [-0.05, 0) is 6.08 Å². The largest absolute Gasteiger partial charge is 0.409 e. The Labute approximate surface area is 66.7 Å². The molecule has 0 saturated heterocycles. The number of rotatable bonds is 2. The zero-order valence-electron chi connectivity index (χ0n) is 5.32. The first-order valence-corrected chi connectivity index (χ1v) is 2.96. The summed E-state index contributed by atoms with van der Waals surface area (Å²) in [5.74, 6) is 0. The third kappa shape index (κ3) is 7.12. The first kappa shape index (κ1) is 10.2. The van der Waals surface area contributed by atoms with Crippen molar-refractivity contribution in [2.75, 3.05) is 0 Å². The van der Waals surface area contributed by atoms with Crippen LogP contribution in [-0.2, 0) is 0 Å². The Morgan fingerprint density at radius 3 is 2.27 bits per heavy atom. The van der Waals surface area contributed by atoms with Crippen molar-refractivity contribution in [1.82, 2.24) is 0 Å². The van der Waals surface area contributed by atoms with Crippen molar-refractivity contribution < 1.29 is 13.2 Å². The molecule has 0 aromatic heterocycles. The van der Waals surface area contributed by atoms with Crippen LogP contribution < -0.4 is 0 Å². The fourth-order valence-electron chi connectivity index (χ4n) is 0.297. The quantitative estimate of drug-likeness (QED) is 0.503. The molecule has 0 fully saturated rings. The second kappa shape index (κ2) is 4.18. The van der Waals surface area contributed by atoms with Crippen molar-refractivity contribution in [3.8, 4) is 0 Å². The van der Waals surface area contributed by atoms with Crippen LogP contribution in [0.2, 0.25) is 0 Å². The molecule has 0 amide bonds. The van der Waals surface area contributed by atoms with E-state index in [0.29, 0.717) is 0 Å². The van der Waals surface area contributed by atoms with Gasteiger partial charge in [0, 0.05) is 12.3 Å². The smallest absolute Gasteiger partial charge is 0.307 e. The molecule has 0 aromatic rings. The van der Waals surface area contributed by atoms with E-state index in [1.54, 1.807) is 0 Å². The molecule has 11 heavy (non-hydrogen) atoms. The summed E-state index contributed by atoms with van der Waals surface area (Å²) in [6.45, 7) is 0.